The van der Waals surface area contributed by atoms with Crippen LogP contribution in [0.2, 0.25) is 0 Å². The van der Waals surface area contributed by atoms with Gasteiger partial charge in [-0.2, -0.15) is 10.2 Å². The number of Topliss-reactive ketones (excluding diaryl/α,β-unsaturated/α-hetero) is 1. The van der Waals surface area contributed by atoms with Crippen molar-refractivity contribution >= 4 is 17.7 Å². The molecule has 0 atom stereocenters. The molecule has 244 valence electrons. The highest BCUT2D eigenvalue weighted by atomic mass is 16.1. The van der Waals surface area contributed by atoms with Crippen molar-refractivity contribution in [1.82, 2.24) is 0 Å². The van der Waals surface area contributed by atoms with Crippen LogP contribution in [0.5, 0.6) is 0 Å². The lowest BCUT2D eigenvalue weighted by molar-refractivity contribution is 0.101. The van der Waals surface area contributed by atoms with Crippen molar-refractivity contribution in [2.24, 2.45) is 27.1 Å². The van der Waals surface area contributed by atoms with Crippen LogP contribution >= 0.6 is 0 Å². The summed E-state index contributed by atoms with van der Waals surface area (Å²) >= 11 is 0. The predicted octanol–water partition coefficient (Wildman–Crippen LogP) is 13.3. The van der Waals surface area contributed by atoms with Crippen molar-refractivity contribution < 1.29 is 4.79 Å². The Kier molecular flexibility index (Phi) is 21.6. The first-order chi connectivity index (χ1) is 20.8. The summed E-state index contributed by atoms with van der Waals surface area (Å²) in [5.74, 6) is 1.89. The Labute approximate surface area is 271 Å². The number of allylic oxidation sites excluding steroid dienone is 4. The van der Waals surface area contributed by atoms with Crippen molar-refractivity contribution in [3.8, 4) is 11.1 Å². The molecule has 0 radical (unpaired) electrons. The maximum Gasteiger partial charge on any atom is 0.160 e. The molecule has 1 heterocycles. The fourth-order valence-electron chi connectivity index (χ4n) is 4.61. The zero-order valence-corrected chi connectivity index (χ0v) is 30.5. The van der Waals surface area contributed by atoms with Gasteiger partial charge < -0.3 is 0 Å². The molecule has 44 heavy (non-hydrogen) atoms. The third-order valence-electron chi connectivity index (χ3n) is 7.29. The number of nitrogens with zero attached hydrogens (tertiary/aromatic N) is 3. The number of benzene rings is 2. The van der Waals surface area contributed by atoms with Gasteiger partial charge in [-0.3, -0.25) is 9.79 Å². The molecule has 0 spiro atoms. The molecule has 0 saturated heterocycles. The Hall–Kier alpha value is -3.14. The van der Waals surface area contributed by atoms with E-state index in [4.69, 9.17) is 0 Å². The van der Waals surface area contributed by atoms with Gasteiger partial charge in [0.05, 0.1) is 5.69 Å². The van der Waals surface area contributed by atoms with E-state index in [9.17, 15) is 4.79 Å². The summed E-state index contributed by atoms with van der Waals surface area (Å²) in [4.78, 5) is 15.9. The number of carbonyl (C=O) groups is 1. The van der Waals surface area contributed by atoms with E-state index in [-0.39, 0.29) is 5.78 Å². The van der Waals surface area contributed by atoms with Crippen LogP contribution in [0.15, 0.2) is 74.5 Å². The van der Waals surface area contributed by atoms with E-state index in [0.717, 1.165) is 58.2 Å². The second-order valence-corrected chi connectivity index (χ2v) is 12.6. The molecule has 1 aliphatic rings. The predicted molar refractivity (Wildman–Crippen MR) is 196 cm³/mol. The molecular formula is C40H63N3O. The summed E-state index contributed by atoms with van der Waals surface area (Å²) in [6.07, 6.45) is 13.2. The Bertz CT molecular complexity index is 1240. The highest BCUT2D eigenvalue weighted by Crippen LogP contribution is 2.29. The van der Waals surface area contributed by atoms with Crippen molar-refractivity contribution in [2.75, 3.05) is 7.05 Å². The number of hydrogen-bond donors (Lipinski definition) is 0. The number of azo groups is 1. The van der Waals surface area contributed by atoms with Gasteiger partial charge in [0.25, 0.3) is 0 Å². The largest absolute Gasteiger partial charge is 0.295 e. The fourth-order valence-corrected chi connectivity index (χ4v) is 4.61. The Balaban J connectivity index is 0.000000653. The summed E-state index contributed by atoms with van der Waals surface area (Å²) in [6.45, 7) is 25.3. The van der Waals surface area contributed by atoms with Gasteiger partial charge in [-0.05, 0) is 99.6 Å². The molecule has 3 rings (SSSR count). The lowest BCUT2D eigenvalue weighted by Gasteiger charge is -2.08. The van der Waals surface area contributed by atoms with Gasteiger partial charge in [0.15, 0.2) is 5.78 Å². The van der Waals surface area contributed by atoms with E-state index in [1.54, 1.807) is 14.0 Å². The van der Waals surface area contributed by atoms with Crippen LogP contribution in [0.1, 0.15) is 136 Å². The molecule has 0 N–H and O–H groups in total. The number of aryl methyl sites for hydroxylation is 2. The third kappa shape index (κ3) is 17.2. The smallest absolute Gasteiger partial charge is 0.160 e. The quantitative estimate of drug-likeness (QED) is 0.219. The molecule has 0 bridgehead atoms. The van der Waals surface area contributed by atoms with Gasteiger partial charge in [0, 0.05) is 24.5 Å². The van der Waals surface area contributed by atoms with Crippen LogP contribution in [-0.2, 0) is 0 Å². The summed E-state index contributed by atoms with van der Waals surface area (Å²) in [7, 11) is 1.66. The Morgan fingerprint density at radius 1 is 0.864 bits per heavy atom. The average Bonchev–Trinajstić information content (AvgIpc) is 2.95. The van der Waals surface area contributed by atoms with Crippen molar-refractivity contribution in [3.05, 3.63) is 76.0 Å². The molecule has 2 aromatic carbocycles. The molecule has 4 nitrogen and oxygen atoms in total. The normalized spacial score (nSPS) is 16.4. The SMILES string of the molecule is CC(C)C.CCC1=C/CC/C(C)=C(C)/N=C\1.CCCC(C)CCC.CN=Nc1cc(-c2ccc(C(C)=O)c(C)c2)ccc1C. The molecular weight excluding hydrogens is 538 g/mol. The van der Waals surface area contributed by atoms with E-state index in [2.05, 4.69) is 89.7 Å². The second kappa shape index (κ2) is 23.3. The summed E-state index contributed by atoms with van der Waals surface area (Å²) < 4.78 is 0. The molecule has 0 aromatic heterocycles. The third-order valence-corrected chi connectivity index (χ3v) is 7.29. The summed E-state index contributed by atoms with van der Waals surface area (Å²) in [5, 5.41) is 7.97. The Morgan fingerprint density at radius 2 is 1.43 bits per heavy atom. The van der Waals surface area contributed by atoms with Crippen molar-refractivity contribution in [2.45, 2.75) is 128 Å². The maximum absolute atomic E-state index is 11.5. The maximum atomic E-state index is 11.5. The fraction of sp³-hybridized carbons (Fsp3) is 0.550. The minimum atomic E-state index is 0.0958. The van der Waals surface area contributed by atoms with Crippen LogP contribution in [0, 0.1) is 25.7 Å². The monoisotopic (exact) mass is 601 g/mol. The van der Waals surface area contributed by atoms with Gasteiger partial charge in [0.1, 0.15) is 0 Å². The standard InChI is InChI=1S/C17H18N2O.C11H17N.C8H18.C4H10/c1-11-5-6-15(10-17(11)19-18-4)14-7-8-16(13(3)20)12(2)9-14;1-4-11-7-5-6-9(2)10(3)12-8-11;1-4-6-8(3)7-5-2;1-4(2)3/h5-10H,1-4H3;7-8H,4-6H2,1-3H3;8H,4-7H2,1-3H3;4H,1-3H3/b;10-9+,11-7-,12-8-;;. The molecule has 0 unspecified atom stereocenters. The van der Waals surface area contributed by atoms with Crippen LogP contribution < -0.4 is 0 Å². The van der Waals surface area contributed by atoms with Crippen molar-refractivity contribution in [3.63, 3.8) is 0 Å². The first kappa shape index (κ1) is 40.9. The molecule has 0 aliphatic carbocycles. The Morgan fingerprint density at radius 3 is 1.93 bits per heavy atom. The number of hydrogen-bond acceptors (Lipinski definition) is 4. The minimum Gasteiger partial charge on any atom is -0.295 e. The lowest BCUT2D eigenvalue weighted by Crippen LogP contribution is -1.95. The van der Waals surface area contributed by atoms with Crippen LogP contribution in [0.4, 0.5) is 5.69 Å². The second-order valence-electron chi connectivity index (χ2n) is 12.6. The van der Waals surface area contributed by atoms with E-state index in [1.807, 2.05) is 50.4 Å². The molecule has 2 aromatic rings. The minimum absolute atomic E-state index is 0.0958. The highest BCUT2D eigenvalue weighted by Gasteiger charge is 2.07. The summed E-state index contributed by atoms with van der Waals surface area (Å²) in [6, 6.07) is 12.0. The van der Waals surface area contributed by atoms with Gasteiger partial charge in [-0.15, -0.1) is 0 Å². The van der Waals surface area contributed by atoms with Crippen LogP contribution in [0.25, 0.3) is 11.1 Å². The van der Waals surface area contributed by atoms with Crippen molar-refractivity contribution in [1.29, 1.82) is 0 Å². The van der Waals surface area contributed by atoms with E-state index >= 15 is 0 Å². The molecule has 1 aliphatic heterocycles. The zero-order valence-electron chi connectivity index (χ0n) is 30.5. The lowest BCUT2D eigenvalue weighted by atomic mass is 9.97. The number of carbonyl (C=O) groups excluding carboxylic acids is 1. The van der Waals surface area contributed by atoms with Crippen LogP contribution in [0.3, 0.4) is 0 Å². The summed E-state index contributed by atoms with van der Waals surface area (Å²) in [5.41, 5.74) is 9.86. The highest BCUT2D eigenvalue weighted by molar-refractivity contribution is 5.96. The van der Waals surface area contributed by atoms with Gasteiger partial charge >= 0.3 is 0 Å². The van der Waals surface area contributed by atoms with Gasteiger partial charge in [-0.25, -0.2) is 0 Å². The first-order valence-electron chi connectivity index (χ1n) is 16.7. The van der Waals surface area contributed by atoms with Crippen LogP contribution in [-0.4, -0.2) is 19.0 Å². The number of ketones is 1. The van der Waals surface area contributed by atoms with Gasteiger partial charge in [0.2, 0.25) is 0 Å². The number of aliphatic imine (C=N–C) groups is 1. The molecule has 0 fully saturated rings. The average molecular weight is 602 g/mol. The van der Waals surface area contributed by atoms with E-state index in [0.29, 0.717) is 0 Å². The first-order valence-corrected chi connectivity index (χ1v) is 16.7. The molecule has 0 amide bonds. The van der Waals surface area contributed by atoms with E-state index in [1.165, 1.54) is 48.9 Å². The van der Waals surface area contributed by atoms with E-state index < -0.39 is 0 Å². The van der Waals surface area contributed by atoms with Gasteiger partial charge in [-0.1, -0.05) is 116 Å². The topological polar surface area (TPSA) is 54.1 Å². The zero-order chi connectivity index (χ0) is 33.7. The number of rotatable bonds is 8. The molecule has 0 saturated carbocycles. The molecule has 4 heteroatoms.